The number of carbonyl (C=O) groups is 1. The minimum atomic E-state index is -0.624. The first-order chi connectivity index (χ1) is 9.49. The van der Waals surface area contributed by atoms with Crippen LogP contribution in [-0.2, 0) is 0 Å². The minimum absolute atomic E-state index is 0.00820. The minimum Gasteiger partial charge on any atom is -0.351 e. The lowest BCUT2D eigenvalue weighted by Gasteiger charge is -2.12. The molecule has 1 aliphatic rings. The molecule has 1 atom stereocenters. The molecule has 0 saturated carbocycles. The van der Waals surface area contributed by atoms with Crippen LogP contribution in [0.25, 0.3) is 0 Å². The lowest BCUT2D eigenvalue weighted by Crippen LogP contribution is -2.30. The quantitative estimate of drug-likeness (QED) is 0.680. The summed E-state index contributed by atoms with van der Waals surface area (Å²) in [5.74, 6) is -0.0593. The Labute approximate surface area is 121 Å². The van der Waals surface area contributed by atoms with Crippen LogP contribution in [0.3, 0.4) is 0 Å². The first-order valence-electron chi connectivity index (χ1n) is 6.38. The van der Waals surface area contributed by atoms with Gasteiger partial charge in [0.15, 0.2) is 0 Å². The Hall–Kier alpha value is -1.66. The summed E-state index contributed by atoms with van der Waals surface area (Å²) < 4.78 is 0. The molecule has 6 nitrogen and oxygen atoms in total. The van der Waals surface area contributed by atoms with E-state index in [1.807, 2.05) is 7.05 Å². The number of nitrogens with zero attached hydrogens (tertiary/aromatic N) is 2. The molecule has 0 spiro atoms. The maximum absolute atomic E-state index is 12.1. The number of amides is 1. The van der Waals surface area contributed by atoms with Crippen LogP contribution in [0.4, 0.5) is 5.69 Å². The maximum Gasteiger partial charge on any atom is 0.300 e. The van der Waals surface area contributed by atoms with Gasteiger partial charge in [0.1, 0.15) is 10.6 Å². The Bertz CT molecular complexity index is 536. The van der Waals surface area contributed by atoms with Crippen molar-refractivity contribution < 1.29 is 9.72 Å². The van der Waals surface area contributed by atoms with Crippen molar-refractivity contribution in [2.24, 2.45) is 5.92 Å². The second-order valence-corrected chi connectivity index (χ2v) is 5.43. The molecule has 1 saturated heterocycles. The molecule has 1 N–H and O–H groups in total. The topological polar surface area (TPSA) is 75.5 Å². The fourth-order valence-corrected chi connectivity index (χ4v) is 2.65. The smallest absolute Gasteiger partial charge is 0.300 e. The van der Waals surface area contributed by atoms with Crippen molar-refractivity contribution in [3.05, 3.63) is 38.9 Å². The first kappa shape index (κ1) is 14.7. The first-order valence-corrected chi connectivity index (χ1v) is 6.76. The average Bonchev–Trinajstić information content (AvgIpc) is 2.81. The highest BCUT2D eigenvalue weighted by Gasteiger charge is 2.25. The van der Waals surface area contributed by atoms with Crippen LogP contribution >= 0.6 is 11.6 Å². The third-order valence-corrected chi connectivity index (χ3v) is 3.76. The monoisotopic (exact) mass is 297 g/mol. The zero-order valence-corrected chi connectivity index (χ0v) is 11.9. The molecule has 1 fully saturated rings. The van der Waals surface area contributed by atoms with E-state index < -0.39 is 10.8 Å². The Morgan fingerprint density at radius 1 is 1.60 bits per heavy atom. The number of benzene rings is 1. The Morgan fingerprint density at radius 3 is 2.95 bits per heavy atom. The van der Waals surface area contributed by atoms with E-state index in [2.05, 4.69) is 10.2 Å². The van der Waals surface area contributed by atoms with E-state index in [0.717, 1.165) is 19.5 Å². The molecule has 1 aliphatic heterocycles. The van der Waals surface area contributed by atoms with Gasteiger partial charge in [0, 0.05) is 13.1 Å². The van der Waals surface area contributed by atoms with E-state index >= 15 is 0 Å². The molecule has 0 aliphatic carbocycles. The van der Waals surface area contributed by atoms with Gasteiger partial charge < -0.3 is 10.2 Å². The van der Waals surface area contributed by atoms with Gasteiger partial charge in [-0.25, -0.2) is 0 Å². The van der Waals surface area contributed by atoms with Crippen LogP contribution in [0.15, 0.2) is 18.2 Å². The van der Waals surface area contributed by atoms with Crippen LogP contribution in [0.1, 0.15) is 16.8 Å². The van der Waals surface area contributed by atoms with Gasteiger partial charge in [0.25, 0.3) is 5.91 Å². The fraction of sp³-hybridized carbons (Fsp3) is 0.462. The molecule has 0 bridgehead atoms. The summed E-state index contributed by atoms with van der Waals surface area (Å²) >= 11 is 5.79. The molecule has 20 heavy (non-hydrogen) atoms. The predicted octanol–water partition coefficient (Wildman–Crippen LogP) is 1.93. The average molecular weight is 298 g/mol. The van der Waals surface area contributed by atoms with Gasteiger partial charge in [-0.15, -0.1) is 0 Å². The summed E-state index contributed by atoms with van der Waals surface area (Å²) in [4.78, 5) is 24.6. The number of hydrogen-bond donors (Lipinski definition) is 1. The van der Waals surface area contributed by atoms with Gasteiger partial charge in [-0.3, -0.25) is 14.9 Å². The molecular formula is C13H16ClN3O3. The lowest BCUT2D eigenvalue weighted by atomic mass is 10.1. The molecule has 1 unspecified atom stereocenters. The van der Waals surface area contributed by atoms with Gasteiger partial charge in [-0.2, -0.15) is 0 Å². The number of nitrogens with one attached hydrogen (secondary N) is 1. The SMILES string of the molecule is CN1CCC(CNC(=O)c2cccc(Cl)c2[N+](=O)[O-])C1. The molecule has 1 aromatic rings. The molecule has 1 heterocycles. The predicted molar refractivity (Wildman–Crippen MR) is 76.0 cm³/mol. The second kappa shape index (κ2) is 6.19. The van der Waals surface area contributed by atoms with E-state index in [9.17, 15) is 14.9 Å². The molecule has 2 rings (SSSR count). The van der Waals surface area contributed by atoms with Gasteiger partial charge in [-0.1, -0.05) is 17.7 Å². The number of carbonyl (C=O) groups excluding carboxylic acids is 1. The number of para-hydroxylation sites is 1. The number of nitro benzene ring substituents is 1. The number of rotatable bonds is 4. The van der Waals surface area contributed by atoms with Crippen molar-refractivity contribution in [3.8, 4) is 0 Å². The van der Waals surface area contributed by atoms with Crippen molar-refractivity contribution in [2.75, 3.05) is 26.7 Å². The third-order valence-electron chi connectivity index (χ3n) is 3.45. The molecule has 108 valence electrons. The Balaban J connectivity index is 2.06. The van der Waals surface area contributed by atoms with E-state index in [-0.39, 0.29) is 16.3 Å². The summed E-state index contributed by atoms with van der Waals surface area (Å²) in [6, 6.07) is 4.36. The van der Waals surface area contributed by atoms with Crippen LogP contribution in [0.5, 0.6) is 0 Å². The van der Waals surface area contributed by atoms with E-state index in [0.29, 0.717) is 12.5 Å². The lowest BCUT2D eigenvalue weighted by molar-refractivity contribution is -0.385. The summed E-state index contributed by atoms with van der Waals surface area (Å²) in [5.41, 5.74) is -0.330. The molecule has 1 amide bonds. The molecule has 0 radical (unpaired) electrons. The number of hydrogen-bond acceptors (Lipinski definition) is 4. The molecular weight excluding hydrogens is 282 g/mol. The normalized spacial score (nSPS) is 19.0. The molecule has 7 heteroatoms. The van der Waals surface area contributed by atoms with Crippen molar-refractivity contribution in [1.29, 1.82) is 0 Å². The zero-order valence-electron chi connectivity index (χ0n) is 11.1. The standard InChI is InChI=1S/C13H16ClN3O3/c1-16-6-5-9(8-16)7-15-13(18)10-3-2-4-11(14)12(10)17(19)20/h2-4,9H,5-8H2,1H3,(H,15,18). The van der Waals surface area contributed by atoms with Gasteiger partial charge in [0.2, 0.25) is 0 Å². The van der Waals surface area contributed by atoms with Crippen molar-refractivity contribution in [3.63, 3.8) is 0 Å². The highest BCUT2D eigenvalue weighted by molar-refractivity contribution is 6.33. The van der Waals surface area contributed by atoms with Crippen LogP contribution in [-0.4, -0.2) is 42.4 Å². The third kappa shape index (κ3) is 3.26. The number of halogens is 1. The highest BCUT2D eigenvalue weighted by Crippen LogP contribution is 2.28. The van der Waals surface area contributed by atoms with Gasteiger partial charge in [-0.05, 0) is 38.1 Å². The molecule has 1 aromatic carbocycles. The largest absolute Gasteiger partial charge is 0.351 e. The van der Waals surface area contributed by atoms with Crippen LogP contribution in [0.2, 0.25) is 5.02 Å². The summed E-state index contributed by atoms with van der Waals surface area (Å²) in [6.45, 7) is 2.46. The number of nitro groups is 1. The second-order valence-electron chi connectivity index (χ2n) is 5.02. The zero-order chi connectivity index (χ0) is 14.7. The molecule has 0 aromatic heterocycles. The van der Waals surface area contributed by atoms with Gasteiger partial charge >= 0.3 is 5.69 Å². The van der Waals surface area contributed by atoms with Crippen molar-refractivity contribution in [2.45, 2.75) is 6.42 Å². The number of likely N-dealkylation sites (tertiary alicyclic amines) is 1. The Kier molecular flexibility index (Phi) is 4.57. The maximum atomic E-state index is 12.1. The summed E-state index contributed by atoms with van der Waals surface area (Å²) in [5, 5.41) is 13.7. The Morgan fingerprint density at radius 2 is 2.35 bits per heavy atom. The highest BCUT2D eigenvalue weighted by atomic mass is 35.5. The van der Waals surface area contributed by atoms with Crippen molar-refractivity contribution >= 4 is 23.2 Å². The van der Waals surface area contributed by atoms with E-state index in [4.69, 9.17) is 11.6 Å². The summed E-state index contributed by atoms with van der Waals surface area (Å²) in [7, 11) is 2.03. The van der Waals surface area contributed by atoms with Crippen LogP contribution < -0.4 is 5.32 Å². The van der Waals surface area contributed by atoms with E-state index in [1.165, 1.54) is 18.2 Å². The van der Waals surface area contributed by atoms with Crippen molar-refractivity contribution in [1.82, 2.24) is 10.2 Å². The van der Waals surface area contributed by atoms with Gasteiger partial charge in [0.05, 0.1) is 4.92 Å². The van der Waals surface area contributed by atoms with E-state index in [1.54, 1.807) is 0 Å². The summed E-state index contributed by atoms with van der Waals surface area (Å²) in [6.07, 6.45) is 1.02. The van der Waals surface area contributed by atoms with Crippen LogP contribution in [0, 0.1) is 16.0 Å². The fourth-order valence-electron chi connectivity index (χ4n) is 2.41.